The molecule has 0 radical (unpaired) electrons. The van der Waals surface area contributed by atoms with Crippen LogP contribution < -0.4 is 0 Å². The molecule has 1 aromatic heterocycles. The minimum Gasteiger partial charge on any atom is -0.294 e. The smallest absolute Gasteiger partial charge is 0.125 e. The lowest BCUT2D eigenvalue weighted by Crippen LogP contribution is -2.04. The van der Waals surface area contributed by atoms with Gasteiger partial charge in [0.1, 0.15) is 11.6 Å². The Labute approximate surface area is 132 Å². The van der Waals surface area contributed by atoms with Crippen molar-refractivity contribution in [2.75, 3.05) is 5.88 Å². The molecule has 0 spiro atoms. The Morgan fingerprint density at radius 1 is 1.24 bits per heavy atom. The largest absolute Gasteiger partial charge is 0.294 e. The molecule has 0 unspecified atom stereocenters. The second-order valence-corrected chi connectivity index (χ2v) is 5.63. The third-order valence-electron chi connectivity index (χ3n) is 3.41. The first kappa shape index (κ1) is 14.4. The van der Waals surface area contributed by atoms with Gasteiger partial charge in [-0.1, -0.05) is 23.7 Å². The highest BCUT2D eigenvalue weighted by atomic mass is 35.5. The molecular formula is C16H13Cl2FN2. The van der Waals surface area contributed by atoms with Crippen LogP contribution in [0.1, 0.15) is 11.4 Å². The number of rotatable bonds is 3. The standard InChI is InChI=1S/C16H13Cl2FN2/c1-10-3-2-4-13-16(10)21(15(20-13)7-8-17)14-9-11(19)5-6-12(14)18/h2-6,9H,7-8H2,1H3. The number of benzene rings is 2. The molecule has 1 heterocycles. The van der Waals surface area contributed by atoms with Gasteiger partial charge >= 0.3 is 0 Å². The zero-order chi connectivity index (χ0) is 15.0. The van der Waals surface area contributed by atoms with E-state index in [1.54, 1.807) is 6.07 Å². The summed E-state index contributed by atoms with van der Waals surface area (Å²) in [5.74, 6) is 0.887. The molecule has 0 saturated heterocycles. The topological polar surface area (TPSA) is 17.8 Å². The Morgan fingerprint density at radius 2 is 2.05 bits per heavy atom. The summed E-state index contributed by atoms with van der Waals surface area (Å²) in [4.78, 5) is 4.61. The van der Waals surface area contributed by atoms with E-state index in [1.165, 1.54) is 12.1 Å². The summed E-state index contributed by atoms with van der Waals surface area (Å²) in [7, 11) is 0. The molecule has 0 aliphatic heterocycles. The van der Waals surface area contributed by atoms with Crippen LogP contribution in [0.25, 0.3) is 16.7 Å². The fraction of sp³-hybridized carbons (Fsp3) is 0.188. The number of para-hydroxylation sites is 1. The van der Waals surface area contributed by atoms with Gasteiger partial charge in [0.15, 0.2) is 0 Å². The molecule has 0 N–H and O–H groups in total. The van der Waals surface area contributed by atoms with E-state index in [1.807, 2.05) is 29.7 Å². The maximum absolute atomic E-state index is 13.6. The molecule has 2 aromatic carbocycles. The van der Waals surface area contributed by atoms with E-state index < -0.39 is 0 Å². The molecule has 0 saturated carbocycles. The molecule has 0 bridgehead atoms. The Morgan fingerprint density at radius 3 is 2.81 bits per heavy atom. The van der Waals surface area contributed by atoms with E-state index >= 15 is 0 Å². The molecule has 21 heavy (non-hydrogen) atoms. The third kappa shape index (κ3) is 2.52. The molecule has 3 aromatic rings. The number of hydrogen-bond donors (Lipinski definition) is 0. The lowest BCUT2D eigenvalue weighted by molar-refractivity contribution is 0.626. The number of hydrogen-bond acceptors (Lipinski definition) is 1. The quantitative estimate of drug-likeness (QED) is 0.626. The number of imidazole rings is 1. The van der Waals surface area contributed by atoms with Crippen molar-refractivity contribution in [1.29, 1.82) is 0 Å². The molecule has 3 rings (SSSR count). The minimum atomic E-state index is -0.332. The van der Waals surface area contributed by atoms with Crippen molar-refractivity contribution in [1.82, 2.24) is 9.55 Å². The summed E-state index contributed by atoms with van der Waals surface area (Å²) < 4.78 is 15.5. The molecule has 0 atom stereocenters. The average Bonchev–Trinajstić information content (AvgIpc) is 2.81. The predicted molar refractivity (Wildman–Crippen MR) is 85.2 cm³/mol. The Kier molecular flexibility index (Phi) is 3.87. The number of nitrogens with zero attached hydrogens (tertiary/aromatic N) is 2. The molecule has 0 aliphatic rings. The zero-order valence-corrected chi connectivity index (χ0v) is 12.9. The second kappa shape index (κ2) is 5.66. The normalized spacial score (nSPS) is 11.2. The zero-order valence-electron chi connectivity index (χ0n) is 11.4. The number of aryl methyl sites for hydroxylation is 2. The van der Waals surface area contributed by atoms with Gasteiger partial charge in [-0.2, -0.15) is 0 Å². The van der Waals surface area contributed by atoms with Crippen molar-refractivity contribution in [3.8, 4) is 5.69 Å². The Balaban J connectivity index is 2.38. The van der Waals surface area contributed by atoms with Crippen LogP contribution in [0.4, 0.5) is 4.39 Å². The van der Waals surface area contributed by atoms with Crippen molar-refractivity contribution in [3.63, 3.8) is 0 Å². The predicted octanol–water partition coefficient (Wildman–Crippen LogP) is 4.91. The molecule has 2 nitrogen and oxygen atoms in total. The second-order valence-electron chi connectivity index (χ2n) is 4.84. The van der Waals surface area contributed by atoms with E-state index in [9.17, 15) is 4.39 Å². The molecular weight excluding hydrogens is 310 g/mol. The van der Waals surface area contributed by atoms with Gasteiger partial charge in [-0.05, 0) is 36.8 Å². The fourth-order valence-corrected chi connectivity index (χ4v) is 2.88. The van der Waals surface area contributed by atoms with E-state index in [-0.39, 0.29) is 5.82 Å². The van der Waals surface area contributed by atoms with Crippen LogP contribution in [-0.4, -0.2) is 15.4 Å². The maximum Gasteiger partial charge on any atom is 0.125 e. The first-order chi connectivity index (χ1) is 10.1. The Bertz CT molecular complexity index is 811. The summed E-state index contributed by atoms with van der Waals surface area (Å²) in [6.45, 7) is 2.00. The fourth-order valence-electron chi connectivity index (χ4n) is 2.51. The van der Waals surface area contributed by atoms with Gasteiger partial charge in [-0.25, -0.2) is 9.37 Å². The number of alkyl halides is 1. The third-order valence-corrected chi connectivity index (χ3v) is 3.92. The van der Waals surface area contributed by atoms with Crippen molar-refractivity contribution < 1.29 is 4.39 Å². The Hall–Kier alpha value is -1.58. The lowest BCUT2D eigenvalue weighted by atomic mass is 10.2. The van der Waals surface area contributed by atoms with Crippen LogP contribution >= 0.6 is 23.2 Å². The van der Waals surface area contributed by atoms with Gasteiger partial charge in [-0.15, -0.1) is 11.6 Å². The summed E-state index contributed by atoms with van der Waals surface area (Å²) in [5, 5.41) is 0.481. The van der Waals surface area contributed by atoms with Gasteiger partial charge in [0, 0.05) is 12.3 Å². The van der Waals surface area contributed by atoms with Crippen molar-refractivity contribution in [3.05, 3.63) is 58.6 Å². The van der Waals surface area contributed by atoms with Crippen molar-refractivity contribution in [2.24, 2.45) is 0 Å². The first-order valence-corrected chi connectivity index (χ1v) is 7.51. The monoisotopic (exact) mass is 322 g/mol. The maximum atomic E-state index is 13.6. The van der Waals surface area contributed by atoms with E-state index in [0.29, 0.717) is 23.0 Å². The van der Waals surface area contributed by atoms with Gasteiger partial charge in [0.05, 0.1) is 21.7 Å². The van der Waals surface area contributed by atoms with E-state index in [2.05, 4.69) is 4.98 Å². The van der Waals surface area contributed by atoms with Gasteiger partial charge in [0.25, 0.3) is 0 Å². The summed E-state index contributed by atoms with van der Waals surface area (Å²) in [6.07, 6.45) is 0.586. The van der Waals surface area contributed by atoms with Crippen molar-refractivity contribution >= 4 is 34.2 Å². The highest BCUT2D eigenvalue weighted by Crippen LogP contribution is 2.29. The number of fused-ring (bicyclic) bond motifs is 1. The molecule has 0 aliphatic carbocycles. The van der Waals surface area contributed by atoms with Crippen LogP contribution in [-0.2, 0) is 6.42 Å². The van der Waals surface area contributed by atoms with E-state index in [0.717, 1.165) is 22.4 Å². The van der Waals surface area contributed by atoms with Crippen molar-refractivity contribution in [2.45, 2.75) is 13.3 Å². The molecule has 5 heteroatoms. The molecule has 108 valence electrons. The van der Waals surface area contributed by atoms with Gasteiger partial charge < -0.3 is 0 Å². The lowest BCUT2D eigenvalue weighted by Gasteiger charge is -2.12. The highest BCUT2D eigenvalue weighted by Gasteiger charge is 2.16. The summed E-state index contributed by atoms with van der Waals surface area (Å²) in [5.41, 5.74) is 3.44. The highest BCUT2D eigenvalue weighted by molar-refractivity contribution is 6.32. The number of aromatic nitrogens is 2. The average molecular weight is 323 g/mol. The van der Waals surface area contributed by atoms with Gasteiger partial charge in [-0.3, -0.25) is 4.57 Å². The molecule has 0 amide bonds. The van der Waals surface area contributed by atoms with Crippen LogP contribution in [0, 0.1) is 12.7 Å². The summed E-state index contributed by atoms with van der Waals surface area (Å²) in [6, 6.07) is 10.2. The van der Waals surface area contributed by atoms with Crippen LogP contribution in [0.2, 0.25) is 5.02 Å². The first-order valence-electron chi connectivity index (χ1n) is 6.60. The van der Waals surface area contributed by atoms with Crippen LogP contribution in [0.5, 0.6) is 0 Å². The van der Waals surface area contributed by atoms with Crippen LogP contribution in [0.15, 0.2) is 36.4 Å². The summed E-state index contributed by atoms with van der Waals surface area (Å²) >= 11 is 12.1. The molecule has 0 fully saturated rings. The van der Waals surface area contributed by atoms with Crippen LogP contribution in [0.3, 0.4) is 0 Å². The minimum absolute atomic E-state index is 0.332. The van der Waals surface area contributed by atoms with E-state index in [4.69, 9.17) is 23.2 Å². The number of halogens is 3. The SMILES string of the molecule is Cc1cccc2nc(CCCl)n(-c3cc(F)ccc3Cl)c12. The van der Waals surface area contributed by atoms with Gasteiger partial charge in [0.2, 0.25) is 0 Å².